The highest BCUT2D eigenvalue weighted by Gasteiger charge is 2.47. The fourth-order valence-corrected chi connectivity index (χ4v) is 10.5. The highest BCUT2D eigenvalue weighted by Crippen LogP contribution is 2.32. The molecule has 496 valence electrons. The van der Waals surface area contributed by atoms with Gasteiger partial charge in [-0.05, 0) is 96.0 Å². The average Bonchev–Trinajstić information content (AvgIpc) is 2.26. The van der Waals surface area contributed by atoms with E-state index >= 15 is 0 Å². The minimum absolute atomic E-state index is 0.0105. The topological polar surface area (TPSA) is 383 Å². The molecule has 20 nitrogen and oxygen atoms in total. The zero-order valence-electron chi connectivity index (χ0n) is 51.0. The second-order valence-corrected chi connectivity index (χ2v) is 23.7. The molecule has 2 saturated heterocycles. The lowest BCUT2D eigenvalue weighted by Gasteiger charge is -2.42. The molecule has 20 heteroatoms. The molecule has 0 spiro atoms. The van der Waals surface area contributed by atoms with Crippen molar-refractivity contribution < 1.29 is 101 Å². The summed E-state index contributed by atoms with van der Waals surface area (Å²) < 4.78 is 11.6. The van der Waals surface area contributed by atoms with Crippen LogP contribution in [0.3, 0.4) is 0 Å². The third-order valence-electron chi connectivity index (χ3n) is 16.3. The van der Waals surface area contributed by atoms with Crippen LogP contribution in [0.1, 0.15) is 162 Å². The van der Waals surface area contributed by atoms with Crippen molar-refractivity contribution in [3.63, 3.8) is 0 Å². The lowest BCUT2D eigenvalue weighted by molar-refractivity contribution is -0.234. The summed E-state index contributed by atoms with van der Waals surface area (Å²) in [7, 11) is 0. The van der Waals surface area contributed by atoms with Crippen molar-refractivity contribution in [1.82, 2.24) is 0 Å². The van der Waals surface area contributed by atoms with Crippen LogP contribution in [0, 0.1) is 5.92 Å². The van der Waals surface area contributed by atoms with Gasteiger partial charge in [-0.2, -0.15) is 0 Å². The molecule has 22 atom stereocenters. The third kappa shape index (κ3) is 30.6. The van der Waals surface area contributed by atoms with Gasteiger partial charge in [-0.1, -0.05) is 149 Å². The van der Waals surface area contributed by atoms with E-state index < -0.39 is 134 Å². The zero-order valence-corrected chi connectivity index (χ0v) is 51.0. The van der Waals surface area contributed by atoms with Gasteiger partial charge >= 0.3 is 0 Å². The van der Waals surface area contributed by atoms with Gasteiger partial charge in [0.25, 0.3) is 0 Å². The summed E-state index contributed by atoms with van der Waals surface area (Å²) >= 11 is 0. The van der Waals surface area contributed by atoms with E-state index in [4.69, 9.17) is 14.6 Å². The van der Waals surface area contributed by atoms with Gasteiger partial charge < -0.3 is 101 Å². The number of aliphatic hydroxyl groups excluding tert-OH is 18. The Balaban J connectivity index is 1.82. The molecule has 0 amide bonds. The SMILES string of the molecule is C=CCCC=CC=CC=CCCC=CC(O)C(O)C1OC(C(O)C(O)C(=C)CCC(O)C2CC(O)C(O)C(C(O)C(O)C=C(C)CCC(O)CC(O)C(O)C(C)C(O)C(O)CC=CCC(O)C=CCCCCCCCCCCCO)O2)CC(O)C1O. The van der Waals surface area contributed by atoms with Crippen LogP contribution in [0.15, 0.2) is 109 Å². The van der Waals surface area contributed by atoms with E-state index in [1.54, 1.807) is 31.2 Å². The first-order chi connectivity index (χ1) is 41.0. The van der Waals surface area contributed by atoms with Gasteiger partial charge in [-0.25, -0.2) is 0 Å². The summed E-state index contributed by atoms with van der Waals surface area (Å²) in [4.78, 5) is 0. The molecule has 0 aromatic carbocycles. The average molecular weight is 1230 g/mol. The Labute approximate surface area is 511 Å². The molecule has 2 rings (SSSR count). The number of unbranched alkanes of at least 4 members (excludes halogenated alkanes) is 11. The van der Waals surface area contributed by atoms with Crippen LogP contribution in [0.4, 0.5) is 0 Å². The van der Waals surface area contributed by atoms with Crippen molar-refractivity contribution in [1.29, 1.82) is 0 Å². The lowest BCUT2D eigenvalue weighted by Crippen LogP contribution is -2.59. The van der Waals surface area contributed by atoms with Crippen LogP contribution in [0.25, 0.3) is 0 Å². The van der Waals surface area contributed by atoms with E-state index in [0.29, 0.717) is 24.8 Å². The number of hydrogen-bond acceptors (Lipinski definition) is 20. The molecule has 0 aliphatic carbocycles. The molecule has 86 heavy (non-hydrogen) atoms. The molecule has 2 fully saturated rings. The van der Waals surface area contributed by atoms with E-state index in [9.17, 15) is 86.8 Å². The van der Waals surface area contributed by atoms with E-state index in [-0.39, 0.29) is 63.5 Å². The first kappa shape index (κ1) is 79.0. The summed E-state index contributed by atoms with van der Waals surface area (Å²) in [5.74, 6) is -0.992. The van der Waals surface area contributed by atoms with Crippen LogP contribution in [0.5, 0.6) is 0 Å². The first-order valence-corrected chi connectivity index (χ1v) is 31.4. The predicted molar refractivity (Wildman–Crippen MR) is 330 cm³/mol. The highest BCUT2D eigenvalue weighted by atomic mass is 16.6. The van der Waals surface area contributed by atoms with Crippen LogP contribution in [-0.4, -0.2) is 227 Å². The summed E-state index contributed by atoms with van der Waals surface area (Å²) in [6.45, 7) is 10.8. The molecule has 0 bridgehead atoms. The molecule has 0 saturated carbocycles. The first-order valence-electron chi connectivity index (χ1n) is 31.4. The zero-order chi connectivity index (χ0) is 64.1. The number of allylic oxidation sites excluding steroid dienone is 10. The summed E-state index contributed by atoms with van der Waals surface area (Å²) in [6, 6.07) is 0. The maximum atomic E-state index is 11.2. The fraction of sp³-hybridized carbons (Fsp3) is 0.727. The Kier molecular flexibility index (Phi) is 41.5. The summed E-state index contributed by atoms with van der Waals surface area (Å²) in [5, 5.41) is 193. The molecule has 2 heterocycles. The normalized spacial score (nSPS) is 26.9. The quantitative estimate of drug-likeness (QED) is 0.0236. The van der Waals surface area contributed by atoms with Crippen LogP contribution < -0.4 is 0 Å². The Morgan fingerprint density at radius 3 is 1.65 bits per heavy atom. The van der Waals surface area contributed by atoms with Gasteiger partial charge in [0.15, 0.2) is 0 Å². The van der Waals surface area contributed by atoms with E-state index in [1.807, 2.05) is 48.6 Å². The molecule has 18 N–H and O–H groups in total. The maximum Gasteiger partial charge on any atom is 0.115 e. The monoisotopic (exact) mass is 1220 g/mol. The molecular formula is C66H112O20. The van der Waals surface area contributed by atoms with Crippen molar-refractivity contribution in [3.05, 3.63) is 109 Å². The molecule has 0 aromatic heterocycles. The molecular weight excluding hydrogens is 1110 g/mol. The standard InChI is InChI=1S/C66H112O20/c1-5-6-7-8-9-10-11-14-17-20-23-26-32-50(72)60(80)65-63(83)54(76)42-56(86-65)64(84)57(77)44(3)35-37-48(70)55-41-53(75)62(82)66(85-55)61(81)51(73)39-43(2)34-36-47(69)40-52(74)59(79)45(4)58(78)49(71)33-28-27-31-46(68)30-25-22-19-16-13-12-15-18-21-24-29-38-67/h5,8-11,14,17,25-28,30,32,39,45-84H,1,3,6-7,12-13,15-16,18-24,29,31,33-38,40-42H2,2,4H3. The van der Waals surface area contributed by atoms with Gasteiger partial charge in [-0.3, -0.25) is 0 Å². The van der Waals surface area contributed by atoms with E-state index in [1.165, 1.54) is 51.2 Å². The van der Waals surface area contributed by atoms with Crippen molar-refractivity contribution in [2.45, 2.75) is 290 Å². The van der Waals surface area contributed by atoms with Gasteiger partial charge in [0.2, 0.25) is 0 Å². The smallest absolute Gasteiger partial charge is 0.115 e. The van der Waals surface area contributed by atoms with Crippen LogP contribution in [-0.2, 0) is 9.47 Å². The predicted octanol–water partition coefficient (Wildman–Crippen LogP) is 3.28. The third-order valence-corrected chi connectivity index (χ3v) is 16.3. The number of rotatable bonds is 46. The van der Waals surface area contributed by atoms with Gasteiger partial charge in [0.05, 0.1) is 67.1 Å². The minimum atomic E-state index is -1.82. The van der Waals surface area contributed by atoms with Crippen molar-refractivity contribution in [2.75, 3.05) is 6.61 Å². The number of aliphatic hydroxyl groups is 18. The Morgan fingerprint density at radius 2 is 1.05 bits per heavy atom. The van der Waals surface area contributed by atoms with Crippen molar-refractivity contribution in [3.8, 4) is 0 Å². The second-order valence-electron chi connectivity index (χ2n) is 23.7. The summed E-state index contributed by atoms with van der Waals surface area (Å²) in [6.07, 6.45) is 6.78. The molecule has 0 radical (unpaired) electrons. The van der Waals surface area contributed by atoms with Gasteiger partial charge in [-0.15, -0.1) is 6.58 Å². The molecule has 2 aliphatic rings. The van der Waals surface area contributed by atoms with Crippen LogP contribution in [0.2, 0.25) is 0 Å². The van der Waals surface area contributed by atoms with Crippen LogP contribution >= 0.6 is 0 Å². The second kappa shape index (κ2) is 45.2. The molecule has 2 aliphatic heterocycles. The van der Waals surface area contributed by atoms with Crippen molar-refractivity contribution >= 4 is 0 Å². The van der Waals surface area contributed by atoms with E-state index in [0.717, 1.165) is 44.9 Å². The van der Waals surface area contributed by atoms with Crippen molar-refractivity contribution in [2.24, 2.45) is 5.92 Å². The number of hydrogen-bond donors (Lipinski definition) is 18. The Hall–Kier alpha value is -3.14. The fourth-order valence-electron chi connectivity index (χ4n) is 10.5. The minimum Gasteiger partial charge on any atom is -0.396 e. The lowest BCUT2D eigenvalue weighted by atomic mass is 9.86. The van der Waals surface area contributed by atoms with Gasteiger partial charge in [0, 0.05) is 31.8 Å². The Bertz CT molecular complexity index is 2010. The van der Waals surface area contributed by atoms with Gasteiger partial charge in [0.1, 0.15) is 61.0 Å². The largest absolute Gasteiger partial charge is 0.396 e. The highest BCUT2D eigenvalue weighted by molar-refractivity contribution is 5.13. The number of ether oxygens (including phenoxy) is 2. The maximum absolute atomic E-state index is 11.2. The van der Waals surface area contributed by atoms with E-state index in [2.05, 4.69) is 13.2 Å². The molecule has 0 aromatic rings. The Morgan fingerprint density at radius 1 is 0.535 bits per heavy atom. The summed E-state index contributed by atoms with van der Waals surface area (Å²) in [5.41, 5.74) is 0.482. The molecule has 22 unspecified atom stereocenters.